The molecule has 124 valence electrons. The Balaban J connectivity index is 3.11. The number of benzene rings is 1. The van der Waals surface area contributed by atoms with E-state index in [9.17, 15) is 9.90 Å². The van der Waals surface area contributed by atoms with Crippen LogP contribution in [0, 0.1) is 0 Å². The van der Waals surface area contributed by atoms with Crippen LogP contribution in [0.5, 0.6) is 11.5 Å². The zero-order chi connectivity index (χ0) is 17.2. The third kappa shape index (κ3) is 5.18. The Morgan fingerprint density at radius 2 is 1.91 bits per heavy atom. The van der Waals surface area contributed by atoms with E-state index in [0.717, 1.165) is 5.56 Å². The van der Waals surface area contributed by atoms with E-state index in [-0.39, 0.29) is 11.3 Å². The van der Waals surface area contributed by atoms with Gasteiger partial charge in [0, 0.05) is 12.8 Å². The van der Waals surface area contributed by atoms with Crippen molar-refractivity contribution >= 4 is 18.3 Å². The van der Waals surface area contributed by atoms with Gasteiger partial charge in [0.2, 0.25) is 0 Å². The SMILES string of the molecule is CCN=CC(C(=O)OC)=C(O)/C=C/c1ccc(OC)c(OC)c1. The molecule has 0 aliphatic carbocycles. The van der Waals surface area contributed by atoms with E-state index in [1.54, 1.807) is 38.5 Å². The molecule has 0 fully saturated rings. The highest BCUT2D eigenvalue weighted by Gasteiger charge is 2.12. The van der Waals surface area contributed by atoms with Gasteiger partial charge >= 0.3 is 5.97 Å². The fourth-order valence-electron chi connectivity index (χ4n) is 1.74. The standard InChI is InChI=1S/C17H21NO5/c1-5-18-11-13(17(20)23-4)14(19)8-6-12-7-9-15(21-2)16(10-12)22-3/h6-11,19H,5H2,1-4H3/b8-6+,14-13?,18-11?. The Kier molecular flexibility index (Phi) is 7.39. The molecule has 0 radical (unpaired) electrons. The molecule has 0 atom stereocenters. The summed E-state index contributed by atoms with van der Waals surface area (Å²) < 4.78 is 15.0. The van der Waals surface area contributed by atoms with Crippen molar-refractivity contribution in [1.82, 2.24) is 0 Å². The summed E-state index contributed by atoms with van der Waals surface area (Å²) in [7, 11) is 4.34. The Morgan fingerprint density at radius 1 is 1.22 bits per heavy atom. The third-order valence-corrected chi connectivity index (χ3v) is 2.93. The predicted molar refractivity (Wildman–Crippen MR) is 89.3 cm³/mol. The molecular formula is C17H21NO5. The van der Waals surface area contributed by atoms with Gasteiger partial charge in [-0.2, -0.15) is 0 Å². The molecule has 1 N–H and O–H groups in total. The molecule has 0 heterocycles. The van der Waals surface area contributed by atoms with Gasteiger partial charge in [-0.15, -0.1) is 0 Å². The molecule has 0 saturated carbocycles. The van der Waals surface area contributed by atoms with Gasteiger partial charge in [-0.25, -0.2) is 4.79 Å². The largest absolute Gasteiger partial charge is 0.507 e. The summed E-state index contributed by atoms with van der Waals surface area (Å²) in [5.74, 6) is 0.286. The van der Waals surface area contributed by atoms with Gasteiger partial charge in [-0.3, -0.25) is 4.99 Å². The Bertz CT molecular complexity index is 632. The van der Waals surface area contributed by atoms with Crippen LogP contribution in [0.4, 0.5) is 0 Å². The van der Waals surface area contributed by atoms with Crippen molar-refractivity contribution in [2.24, 2.45) is 4.99 Å². The maximum Gasteiger partial charge on any atom is 0.343 e. The molecule has 6 nitrogen and oxygen atoms in total. The smallest absolute Gasteiger partial charge is 0.343 e. The van der Waals surface area contributed by atoms with Crippen LogP contribution >= 0.6 is 0 Å². The summed E-state index contributed by atoms with van der Waals surface area (Å²) in [4.78, 5) is 15.6. The number of nitrogens with zero attached hydrogens (tertiary/aromatic N) is 1. The van der Waals surface area contributed by atoms with Crippen molar-refractivity contribution in [3.05, 3.63) is 41.2 Å². The number of rotatable bonds is 7. The summed E-state index contributed by atoms with van der Waals surface area (Å²) in [6, 6.07) is 5.29. The number of allylic oxidation sites excluding steroid dienone is 1. The zero-order valence-corrected chi connectivity index (χ0v) is 13.7. The minimum Gasteiger partial charge on any atom is -0.507 e. The van der Waals surface area contributed by atoms with Crippen LogP contribution in [0.15, 0.2) is 40.6 Å². The lowest BCUT2D eigenvalue weighted by atomic mass is 10.1. The zero-order valence-electron chi connectivity index (χ0n) is 13.7. The molecule has 0 aliphatic heterocycles. The van der Waals surface area contributed by atoms with Gasteiger partial charge in [0.05, 0.1) is 21.3 Å². The van der Waals surface area contributed by atoms with Gasteiger partial charge in [-0.05, 0) is 30.7 Å². The number of methoxy groups -OCH3 is 3. The van der Waals surface area contributed by atoms with Crippen LogP contribution in [-0.4, -0.2) is 45.2 Å². The van der Waals surface area contributed by atoms with Crippen LogP contribution in [0.2, 0.25) is 0 Å². The van der Waals surface area contributed by atoms with Crippen LogP contribution in [0.25, 0.3) is 6.08 Å². The first-order chi connectivity index (χ1) is 11.1. The summed E-state index contributed by atoms with van der Waals surface area (Å²) in [5.41, 5.74) is 0.761. The second kappa shape index (κ2) is 9.30. The van der Waals surface area contributed by atoms with Crippen molar-refractivity contribution < 1.29 is 24.1 Å². The molecule has 1 aromatic carbocycles. The number of hydrogen-bond acceptors (Lipinski definition) is 6. The van der Waals surface area contributed by atoms with E-state index >= 15 is 0 Å². The lowest BCUT2D eigenvalue weighted by Gasteiger charge is -2.07. The lowest BCUT2D eigenvalue weighted by molar-refractivity contribution is -0.135. The molecule has 1 rings (SSSR count). The minimum atomic E-state index is -0.656. The van der Waals surface area contributed by atoms with Crippen molar-refractivity contribution in [3.63, 3.8) is 0 Å². The van der Waals surface area contributed by atoms with Crippen molar-refractivity contribution in [1.29, 1.82) is 0 Å². The quantitative estimate of drug-likeness (QED) is 0.275. The molecular weight excluding hydrogens is 298 g/mol. The molecule has 0 amide bonds. The van der Waals surface area contributed by atoms with E-state index in [1.807, 2.05) is 6.92 Å². The molecule has 0 unspecified atom stereocenters. The number of aliphatic imine (C=N–C) groups is 1. The summed E-state index contributed by atoms with van der Waals surface area (Å²) in [6.07, 6.45) is 4.33. The first-order valence-electron chi connectivity index (χ1n) is 6.98. The van der Waals surface area contributed by atoms with E-state index in [1.165, 1.54) is 19.4 Å². The number of ether oxygens (including phenoxy) is 3. The fraction of sp³-hybridized carbons (Fsp3) is 0.294. The predicted octanol–water partition coefficient (Wildman–Crippen LogP) is 2.79. The average Bonchev–Trinajstić information content (AvgIpc) is 2.59. The second-order valence-electron chi connectivity index (χ2n) is 4.37. The summed E-state index contributed by atoms with van der Waals surface area (Å²) >= 11 is 0. The topological polar surface area (TPSA) is 77.4 Å². The van der Waals surface area contributed by atoms with E-state index in [4.69, 9.17) is 9.47 Å². The second-order valence-corrected chi connectivity index (χ2v) is 4.37. The first kappa shape index (κ1) is 18.3. The molecule has 0 saturated heterocycles. The van der Waals surface area contributed by atoms with Gasteiger partial charge in [0.1, 0.15) is 11.3 Å². The summed E-state index contributed by atoms with van der Waals surface area (Å²) in [6.45, 7) is 2.31. The Morgan fingerprint density at radius 3 is 2.48 bits per heavy atom. The molecule has 1 aromatic rings. The fourth-order valence-corrected chi connectivity index (χ4v) is 1.74. The lowest BCUT2D eigenvalue weighted by Crippen LogP contribution is -2.08. The maximum absolute atomic E-state index is 11.7. The van der Waals surface area contributed by atoms with Crippen LogP contribution < -0.4 is 9.47 Å². The monoisotopic (exact) mass is 319 g/mol. The highest BCUT2D eigenvalue weighted by molar-refractivity contribution is 6.10. The van der Waals surface area contributed by atoms with E-state index in [2.05, 4.69) is 9.73 Å². The van der Waals surface area contributed by atoms with Gasteiger partial charge in [0.15, 0.2) is 11.5 Å². The van der Waals surface area contributed by atoms with E-state index in [0.29, 0.717) is 18.0 Å². The highest BCUT2D eigenvalue weighted by atomic mass is 16.5. The van der Waals surface area contributed by atoms with E-state index < -0.39 is 5.97 Å². The Hall–Kier alpha value is -2.76. The van der Waals surface area contributed by atoms with Crippen LogP contribution in [-0.2, 0) is 9.53 Å². The number of hydrogen-bond donors (Lipinski definition) is 1. The van der Waals surface area contributed by atoms with Crippen molar-refractivity contribution in [3.8, 4) is 11.5 Å². The molecule has 0 bridgehead atoms. The van der Waals surface area contributed by atoms with Gasteiger partial charge < -0.3 is 19.3 Å². The minimum absolute atomic E-state index is 0.00826. The number of aliphatic hydroxyl groups is 1. The normalized spacial score (nSPS) is 12.3. The van der Waals surface area contributed by atoms with Gasteiger partial charge in [0.25, 0.3) is 0 Å². The Labute approximate surface area is 135 Å². The number of aliphatic hydroxyl groups excluding tert-OH is 1. The maximum atomic E-state index is 11.7. The molecule has 0 aliphatic rings. The van der Waals surface area contributed by atoms with Crippen molar-refractivity contribution in [2.75, 3.05) is 27.9 Å². The average molecular weight is 319 g/mol. The first-order valence-corrected chi connectivity index (χ1v) is 6.98. The summed E-state index contributed by atoms with van der Waals surface area (Å²) in [5, 5.41) is 10.1. The number of carbonyl (C=O) groups excluding carboxylic acids is 1. The number of esters is 1. The number of carbonyl (C=O) groups is 1. The molecule has 6 heteroatoms. The third-order valence-electron chi connectivity index (χ3n) is 2.93. The van der Waals surface area contributed by atoms with Crippen LogP contribution in [0.3, 0.4) is 0 Å². The molecule has 23 heavy (non-hydrogen) atoms. The van der Waals surface area contributed by atoms with Crippen molar-refractivity contribution in [2.45, 2.75) is 6.92 Å². The molecule has 0 aromatic heterocycles. The molecule has 0 spiro atoms. The van der Waals surface area contributed by atoms with Crippen LogP contribution in [0.1, 0.15) is 12.5 Å². The van der Waals surface area contributed by atoms with Gasteiger partial charge in [-0.1, -0.05) is 12.1 Å². The highest BCUT2D eigenvalue weighted by Crippen LogP contribution is 2.28.